The highest BCUT2D eigenvalue weighted by Gasteiger charge is 2.02. The molecule has 13 heavy (non-hydrogen) atoms. The minimum atomic E-state index is -3.75. The number of nitrogens with two attached hydrogens (primary N) is 1. The molecule has 0 unspecified atom stereocenters. The Morgan fingerprint density at radius 3 is 2.46 bits per heavy atom. The normalized spacial score (nSPS) is 13.0. The molecular weight excluding hydrogens is 190 g/mol. The van der Waals surface area contributed by atoms with Gasteiger partial charge in [-0.05, 0) is 6.42 Å². The first-order valence-electron chi connectivity index (χ1n) is 4.29. The lowest BCUT2D eigenvalue weighted by Crippen LogP contribution is -2.22. The number of unbranched alkanes of at least 4 members (excludes halogenated alkanes) is 2. The average molecular weight is 207 g/mol. The van der Waals surface area contributed by atoms with E-state index < -0.39 is 10.2 Å². The standard InChI is InChI=1S/C7H17N3O2S/c1-3-4-5-6-7(9-2)10-13(8,11)12/h3-6H2,1-2H3,(H,9,10)(H2,8,11,12). The van der Waals surface area contributed by atoms with Crippen LogP contribution in [0.2, 0.25) is 0 Å². The molecule has 0 bridgehead atoms. The molecule has 0 aliphatic heterocycles. The molecule has 6 heteroatoms. The molecule has 0 heterocycles. The van der Waals surface area contributed by atoms with Gasteiger partial charge in [-0.15, -0.1) is 4.40 Å². The van der Waals surface area contributed by atoms with Crippen molar-refractivity contribution < 1.29 is 8.42 Å². The van der Waals surface area contributed by atoms with Gasteiger partial charge in [0.2, 0.25) is 0 Å². The number of hydrogen-bond acceptors (Lipinski definition) is 2. The molecule has 0 aromatic heterocycles. The molecule has 0 aromatic carbocycles. The summed E-state index contributed by atoms with van der Waals surface area (Å²) in [6, 6.07) is 0. The molecule has 0 aliphatic carbocycles. The SMILES string of the molecule is CCCCC/C(=N/S(N)(=O)=O)NC. The smallest absolute Gasteiger partial charge is 0.318 e. The average Bonchev–Trinajstić information content (AvgIpc) is 2.01. The predicted molar refractivity (Wildman–Crippen MR) is 53.7 cm³/mol. The highest BCUT2D eigenvalue weighted by Crippen LogP contribution is 2.00. The van der Waals surface area contributed by atoms with Crippen LogP contribution in [-0.4, -0.2) is 21.3 Å². The molecule has 78 valence electrons. The van der Waals surface area contributed by atoms with Crippen LogP contribution < -0.4 is 10.5 Å². The third-order valence-corrected chi connectivity index (χ3v) is 2.02. The van der Waals surface area contributed by atoms with Crippen molar-refractivity contribution in [2.45, 2.75) is 32.6 Å². The van der Waals surface area contributed by atoms with Crippen molar-refractivity contribution in [3.63, 3.8) is 0 Å². The van der Waals surface area contributed by atoms with E-state index in [1.807, 2.05) is 0 Å². The molecule has 0 radical (unpaired) electrons. The zero-order chi connectivity index (χ0) is 10.3. The zero-order valence-electron chi connectivity index (χ0n) is 8.08. The van der Waals surface area contributed by atoms with E-state index in [1.54, 1.807) is 7.05 Å². The number of nitrogens with one attached hydrogen (secondary N) is 1. The van der Waals surface area contributed by atoms with Crippen LogP contribution in [0, 0.1) is 0 Å². The number of nitrogens with zero attached hydrogens (tertiary/aromatic N) is 1. The van der Waals surface area contributed by atoms with Crippen LogP contribution in [0.5, 0.6) is 0 Å². The Morgan fingerprint density at radius 1 is 1.46 bits per heavy atom. The fourth-order valence-corrected chi connectivity index (χ4v) is 1.40. The van der Waals surface area contributed by atoms with Gasteiger partial charge in [0.05, 0.1) is 0 Å². The lowest BCUT2D eigenvalue weighted by molar-refractivity contribution is 0.599. The first kappa shape index (κ1) is 12.4. The van der Waals surface area contributed by atoms with E-state index in [9.17, 15) is 8.42 Å². The fraction of sp³-hybridized carbons (Fsp3) is 0.857. The van der Waals surface area contributed by atoms with E-state index in [-0.39, 0.29) is 0 Å². The van der Waals surface area contributed by atoms with Crippen molar-refractivity contribution in [3.05, 3.63) is 0 Å². The van der Waals surface area contributed by atoms with Gasteiger partial charge in [0, 0.05) is 13.5 Å². The van der Waals surface area contributed by atoms with Crippen molar-refractivity contribution in [1.29, 1.82) is 0 Å². The highest BCUT2D eigenvalue weighted by atomic mass is 32.2. The van der Waals surface area contributed by atoms with Crippen LogP contribution in [0.3, 0.4) is 0 Å². The lowest BCUT2D eigenvalue weighted by Gasteiger charge is -2.03. The van der Waals surface area contributed by atoms with Gasteiger partial charge >= 0.3 is 10.2 Å². The van der Waals surface area contributed by atoms with Crippen LogP contribution in [0.1, 0.15) is 32.6 Å². The Hall–Kier alpha value is -0.620. The fourth-order valence-electron chi connectivity index (χ4n) is 0.912. The maximum Gasteiger partial charge on any atom is 0.318 e. The molecule has 0 atom stereocenters. The van der Waals surface area contributed by atoms with E-state index in [4.69, 9.17) is 5.14 Å². The summed E-state index contributed by atoms with van der Waals surface area (Å²) in [7, 11) is -2.11. The second kappa shape index (κ2) is 5.93. The third kappa shape index (κ3) is 7.73. The van der Waals surface area contributed by atoms with Crippen molar-refractivity contribution in [3.8, 4) is 0 Å². The Bertz CT molecular complexity index is 259. The van der Waals surface area contributed by atoms with Gasteiger partial charge < -0.3 is 5.32 Å². The summed E-state index contributed by atoms with van der Waals surface area (Å²) < 4.78 is 24.5. The van der Waals surface area contributed by atoms with E-state index in [1.165, 1.54) is 0 Å². The van der Waals surface area contributed by atoms with Gasteiger partial charge in [-0.2, -0.15) is 8.42 Å². The molecule has 0 amide bonds. The minimum Gasteiger partial charge on any atom is -0.376 e. The van der Waals surface area contributed by atoms with Crippen LogP contribution >= 0.6 is 0 Å². The van der Waals surface area contributed by atoms with Crippen molar-refractivity contribution in [1.82, 2.24) is 5.32 Å². The van der Waals surface area contributed by atoms with E-state index in [0.717, 1.165) is 19.3 Å². The summed E-state index contributed by atoms with van der Waals surface area (Å²) in [5, 5.41) is 7.47. The van der Waals surface area contributed by atoms with E-state index in [0.29, 0.717) is 12.3 Å². The quantitative estimate of drug-likeness (QED) is 0.388. The molecule has 0 fully saturated rings. The second-order valence-electron chi connectivity index (χ2n) is 2.76. The highest BCUT2D eigenvalue weighted by molar-refractivity contribution is 7.88. The maximum atomic E-state index is 10.6. The number of amidine groups is 1. The van der Waals surface area contributed by atoms with Gasteiger partial charge in [0.1, 0.15) is 5.84 Å². The Labute approximate surface area is 79.6 Å². The van der Waals surface area contributed by atoms with Gasteiger partial charge in [0.15, 0.2) is 0 Å². The number of rotatable bonds is 5. The molecular formula is C7H17N3O2S. The monoisotopic (exact) mass is 207 g/mol. The number of hydrogen-bond donors (Lipinski definition) is 2. The zero-order valence-corrected chi connectivity index (χ0v) is 8.89. The summed E-state index contributed by atoms with van der Waals surface area (Å²) in [5.41, 5.74) is 0. The predicted octanol–water partition coefficient (Wildman–Crippen LogP) is 0.388. The van der Waals surface area contributed by atoms with Crippen LogP contribution in [0.15, 0.2) is 4.40 Å². The van der Waals surface area contributed by atoms with Gasteiger partial charge in [0.25, 0.3) is 0 Å². The third-order valence-electron chi connectivity index (χ3n) is 1.54. The topological polar surface area (TPSA) is 84.5 Å². The Balaban J connectivity index is 4.11. The van der Waals surface area contributed by atoms with Gasteiger partial charge in [-0.1, -0.05) is 19.8 Å². The Kier molecular flexibility index (Phi) is 5.65. The summed E-state index contributed by atoms with van der Waals surface area (Å²) in [5.74, 6) is 0.427. The van der Waals surface area contributed by atoms with E-state index >= 15 is 0 Å². The summed E-state index contributed by atoms with van der Waals surface area (Å²) in [6.07, 6.45) is 3.70. The van der Waals surface area contributed by atoms with Crippen molar-refractivity contribution in [2.75, 3.05) is 7.05 Å². The van der Waals surface area contributed by atoms with Crippen LogP contribution in [0.25, 0.3) is 0 Å². The van der Waals surface area contributed by atoms with Crippen LogP contribution in [0.4, 0.5) is 0 Å². The van der Waals surface area contributed by atoms with E-state index in [2.05, 4.69) is 16.6 Å². The molecule has 0 aliphatic rings. The molecule has 3 N–H and O–H groups in total. The molecule has 5 nitrogen and oxygen atoms in total. The summed E-state index contributed by atoms with van der Waals surface area (Å²) >= 11 is 0. The molecule has 0 saturated carbocycles. The van der Waals surface area contributed by atoms with Crippen LogP contribution in [-0.2, 0) is 10.2 Å². The largest absolute Gasteiger partial charge is 0.376 e. The van der Waals surface area contributed by atoms with Crippen molar-refractivity contribution in [2.24, 2.45) is 9.54 Å². The van der Waals surface area contributed by atoms with Gasteiger partial charge in [-0.25, -0.2) is 5.14 Å². The molecule has 0 aromatic rings. The lowest BCUT2D eigenvalue weighted by atomic mass is 10.2. The van der Waals surface area contributed by atoms with Gasteiger partial charge in [-0.3, -0.25) is 0 Å². The second-order valence-corrected chi connectivity index (χ2v) is 3.97. The molecule has 0 rings (SSSR count). The first-order valence-corrected chi connectivity index (χ1v) is 5.79. The minimum absolute atomic E-state index is 0.427. The van der Waals surface area contributed by atoms with Crippen molar-refractivity contribution >= 4 is 16.0 Å². The summed E-state index contributed by atoms with van der Waals surface area (Å²) in [6.45, 7) is 2.08. The summed E-state index contributed by atoms with van der Waals surface area (Å²) in [4.78, 5) is 0. The molecule has 0 saturated heterocycles. The Morgan fingerprint density at radius 2 is 2.08 bits per heavy atom. The maximum absolute atomic E-state index is 10.6. The first-order chi connectivity index (χ1) is 5.99. The molecule has 0 spiro atoms.